The van der Waals surface area contributed by atoms with Crippen LogP contribution in [-0.2, 0) is 0 Å². The largest absolute Gasteiger partial charge is 0.507 e. The molecule has 2 N–H and O–H groups in total. The third kappa shape index (κ3) is 4.97. The normalized spacial score (nSPS) is 16.2. The lowest BCUT2D eigenvalue weighted by Gasteiger charge is -2.35. The molecule has 134 valence electrons. The molecule has 0 aliphatic carbocycles. The Hall–Kier alpha value is -1.02. The van der Waals surface area contributed by atoms with Crippen LogP contribution in [-0.4, -0.2) is 56.8 Å². The Balaban J connectivity index is 0.00000242. The van der Waals surface area contributed by atoms with Crippen LogP contribution >= 0.6 is 24.8 Å². The number of ether oxygens (including phenoxy) is 2. The van der Waals surface area contributed by atoms with Crippen molar-refractivity contribution >= 4 is 24.8 Å². The zero-order valence-electron chi connectivity index (χ0n) is 12.9. The Morgan fingerprint density at radius 3 is 2.22 bits per heavy atom. The molecule has 23 heavy (non-hydrogen) atoms. The predicted octanol–water partition coefficient (Wildman–Crippen LogP) is 2.46. The van der Waals surface area contributed by atoms with Gasteiger partial charge in [-0.1, -0.05) is 0 Å². The molecule has 1 aliphatic rings. The number of piperazine rings is 1. The summed E-state index contributed by atoms with van der Waals surface area (Å²) in [7, 11) is 2.83. The second-order valence-electron chi connectivity index (χ2n) is 4.83. The standard InChI is InChI=1S/C14H20F2N2O3.2ClH/c1-20-9-7-10(19)12(11(8-9)21-2)13(14(15)16)18-5-3-17-4-6-18;;/h7-8,13-14,17,19H,3-6H2,1-2H3;2*1H/t13-;;/m0../s1. The van der Waals surface area contributed by atoms with Crippen LogP contribution in [0, 0.1) is 0 Å². The number of alkyl halides is 2. The second-order valence-corrected chi connectivity index (χ2v) is 4.83. The molecule has 1 atom stereocenters. The molecule has 0 unspecified atom stereocenters. The van der Waals surface area contributed by atoms with Crippen molar-refractivity contribution < 1.29 is 23.4 Å². The van der Waals surface area contributed by atoms with E-state index in [-0.39, 0.29) is 41.9 Å². The predicted molar refractivity (Wildman–Crippen MR) is 88.9 cm³/mol. The van der Waals surface area contributed by atoms with Crippen molar-refractivity contribution in [1.82, 2.24) is 10.2 Å². The number of hydrogen-bond acceptors (Lipinski definition) is 5. The lowest BCUT2D eigenvalue weighted by molar-refractivity contribution is 0.0158. The van der Waals surface area contributed by atoms with Gasteiger partial charge in [0, 0.05) is 38.3 Å². The van der Waals surface area contributed by atoms with Crippen molar-refractivity contribution in [2.24, 2.45) is 0 Å². The summed E-state index contributed by atoms with van der Waals surface area (Å²) in [6, 6.07) is 1.63. The van der Waals surface area contributed by atoms with Gasteiger partial charge < -0.3 is 19.9 Å². The summed E-state index contributed by atoms with van der Waals surface area (Å²) in [5.74, 6) is 0.326. The molecule has 0 saturated carbocycles. The van der Waals surface area contributed by atoms with Crippen LogP contribution in [0.15, 0.2) is 12.1 Å². The molecular formula is C14H22Cl2F2N2O3. The first kappa shape index (κ1) is 22.0. The van der Waals surface area contributed by atoms with Gasteiger partial charge >= 0.3 is 0 Å². The number of benzene rings is 1. The quantitative estimate of drug-likeness (QED) is 0.828. The van der Waals surface area contributed by atoms with Crippen LogP contribution in [0.4, 0.5) is 8.78 Å². The number of hydrogen-bond donors (Lipinski definition) is 2. The van der Waals surface area contributed by atoms with Crippen molar-refractivity contribution in [2.45, 2.75) is 12.5 Å². The van der Waals surface area contributed by atoms with Crippen molar-refractivity contribution in [3.63, 3.8) is 0 Å². The number of nitrogens with zero attached hydrogens (tertiary/aromatic N) is 1. The molecule has 0 bridgehead atoms. The summed E-state index contributed by atoms with van der Waals surface area (Å²) in [6.45, 7) is 2.26. The van der Waals surface area contributed by atoms with Crippen LogP contribution in [0.2, 0.25) is 0 Å². The molecule has 1 aliphatic heterocycles. The lowest BCUT2D eigenvalue weighted by Crippen LogP contribution is -2.47. The molecule has 0 amide bonds. The van der Waals surface area contributed by atoms with Crippen molar-refractivity contribution in [3.05, 3.63) is 17.7 Å². The van der Waals surface area contributed by atoms with E-state index < -0.39 is 12.5 Å². The minimum atomic E-state index is -2.63. The van der Waals surface area contributed by atoms with Gasteiger partial charge in [0.05, 0.1) is 19.8 Å². The number of aromatic hydroxyl groups is 1. The van der Waals surface area contributed by atoms with E-state index in [2.05, 4.69) is 5.32 Å². The first-order valence-electron chi connectivity index (χ1n) is 6.76. The highest BCUT2D eigenvalue weighted by molar-refractivity contribution is 5.85. The van der Waals surface area contributed by atoms with Crippen LogP contribution in [0.3, 0.4) is 0 Å². The third-order valence-electron chi connectivity index (χ3n) is 3.63. The molecule has 0 spiro atoms. The second kappa shape index (κ2) is 9.97. The van der Waals surface area contributed by atoms with Gasteiger partial charge in [0.25, 0.3) is 6.43 Å². The number of nitrogens with one attached hydrogen (secondary N) is 1. The fourth-order valence-corrected chi connectivity index (χ4v) is 2.60. The van der Waals surface area contributed by atoms with Crippen LogP contribution < -0.4 is 14.8 Å². The van der Waals surface area contributed by atoms with Gasteiger partial charge in [-0.25, -0.2) is 8.78 Å². The van der Waals surface area contributed by atoms with E-state index in [1.807, 2.05) is 0 Å². The summed E-state index contributed by atoms with van der Waals surface area (Å²) >= 11 is 0. The van der Waals surface area contributed by atoms with Gasteiger partial charge in [-0.15, -0.1) is 24.8 Å². The van der Waals surface area contributed by atoms with Crippen molar-refractivity contribution in [1.29, 1.82) is 0 Å². The van der Waals surface area contributed by atoms with E-state index in [0.717, 1.165) is 0 Å². The monoisotopic (exact) mass is 374 g/mol. The summed E-state index contributed by atoms with van der Waals surface area (Å²) in [4.78, 5) is 1.66. The highest BCUT2D eigenvalue weighted by atomic mass is 35.5. The van der Waals surface area contributed by atoms with Crippen LogP contribution in [0.5, 0.6) is 17.2 Å². The van der Waals surface area contributed by atoms with Crippen molar-refractivity contribution in [2.75, 3.05) is 40.4 Å². The molecule has 0 radical (unpaired) electrons. The van der Waals surface area contributed by atoms with Gasteiger partial charge in [-0.05, 0) is 0 Å². The van der Waals surface area contributed by atoms with E-state index in [0.29, 0.717) is 31.9 Å². The maximum absolute atomic E-state index is 13.6. The fraction of sp³-hybridized carbons (Fsp3) is 0.571. The average Bonchev–Trinajstić information content (AvgIpc) is 2.49. The number of phenols is 1. The van der Waals surface area contributed by atoms with E-state index in [1.165, 1.54) is 26.4 Å². The fourth-order valence-electron chi connectivity index (χ4n) is 2.60. The van der Waals surface area contributed by atoms with E-state index in [1.54, 1.807) is 4.90 Å². The molecule has 0 aromatic heterocycles. The molecule has 5 nitrogen and oxygen atoms in total. The maximum Gasteiger partial charge on any atom is 0.258 e. The first-order chi connectivity index (χ1) is 10.1. The number of phenolic OH excluding ortho intramolecular Hbond substituents is 1. The summed E-state index contributed by atoms with van der Waals surface area (Å²) in [5.41, 5.74) is 0.107. The van der Waals surface area contributed by atoms with Crippen LogP contribution in [0.1, 0.15) is 11.6 Å². The molecule has 1 saturated heterocycles. The Morgan fingerprint density at radius 1 is 1.13 bits per heavy atom. The molecule has 2 rings (SSSR count). The Bertz CT molecular complexity index is 489. The Kier molecular flexibility index (Phi) is 9.53. The maximum atomic E-state index is 13.6. The summed E-state index contributed by atoms with van der Waals surface area (Å²) in [5, 5.41) is 13.3. The summed E-state index contributed by atoms with van der Waals surface area (Å²) < 4.78 is 37.4. The van der Waals surface area contributed by atoms with E-state index in [9.17, 15) is 13.9 Å². The topological polar surface area (TPSA) is 54.0 Å². The van der Waals surface area contributed by atoms with Gasteiger partial charge in [-0.3, -0.25) is 4.90 Å². The zero-order valence-corrected chi connectivity index (χ0v) is 14.6. The third-order valence-corrected chi connectivity index (χ3v) is 3.63. The van der Waals surface area contributed by atoms with Crippen molar-refractivity contribution in [3.8, 4) is 17.2 Å². The molecular weight excluding hydrogens is 353 g/mol. The number of methoxy groups -OCH3 is 2. The number of rotatable bonds is 5. The minimum Gasteiger partial charge on any atom is -0.507 e. The van der Waals surface area contributed by atoms with E-state index >= 15 is 0 Å². The highest BCUT2D eigenvalue weighted by Crippen LogP contribution is 2.42. The van der Waals surface area contributed by atoms with Gasteiger partial charge in [0.15, 0.2) is 0 Å². The lowest BCUT2D eigenvalue weighted by atomic mass is 10.0. The van der Waals surface area contributed by atoms with Crippen LogP contribution in [0.25, 0.3) is 0 Å². The molecule has 1 aromatic carbocycles. The van der Waals surface area contributed by atoms with Gasteiger partial charge in [-0.2, -0.15) is 0 Å². The van der Waals surface area contributed by atoms with Gasteiger partial charge in [0.1, 0.15) is 23.3 Å². The number of halogens is 4. The Morgan fingerprint density at radius 2 is 1.74 bits per heavy atom. The molecule has 1 aromatic rings. The highest BCUT2D eigenvalue weighted by Gasteiger charge is 2.34. The first-order valence-corrected chi connectivity index (χ1v) is 6.76. The smallest absolute Gasteiger partial charge is 0.258 e. The molecule has 1 heterocycles. The van der Waals surface area contributed by atoms with Gasteiger partial charge in [0.2, 0.25) is 0 Å². The average molecular weight is 375 g/mol. The molecule has 1 fully saturated rings. The minimum absolute atomic E-state index is 0. The Labute approximate surface area is 146 Å². The molecule has 9 heteroatoms. The SMILES string of the molecule is COc1cc(O)c([C@@H](C(F)F)N2CCNCC2)c(OC)c1.Cl.Cl. The zero-order chi connectivity index (χ0) is 15.4. The van der Waals surface area contributed by atoms with E-state index in [4.69, 9.17) is 9.47 Å². The summed E-state index contributed by atoms with van der Waals surface area (Å²) in [6.07, 6.45) is -2.63.